The highest BCUT2D eigenvalue weighted by Gasteiger charge is 2.24. The van der Waals surface area contributed by atoms with Gasteiger partial charge in [-0.05, 0) is 19.9 Å². The van der Waals surface area contributed by atoms with Gasteiger partial charge >= 0.3 is 0 Å². The zero-order valence-corrected chi connectivity index (χ0v) is 12.3. The fourth-order valence-corrected chi connectivity index (χ4v) is 2.05. The van der Waals surface area contributed by atoms with Gasteiger partial charge in [0.1, 0.15) is 5.25 Å². The number of hydrogen-bond donors (Lipinski definition) is 1. The van der Waals surface area contributed by atoms with Gasteiger partial charge < -0.3 is 9.84 Å². The molecule has 104 valence electrons. The highest BCUT2D eigenvalue weighted by atomic mass is 32.2. The van der Waals surface area contributed by atoms with E-state index in [1.165, 1.54) is 0 Å². The Bertz CT molecular complexity index is 481. The highest BCUT2D eigenvalue weighted by Crippen LogP contribution is 2.18. The molecule has 2 unspecified atom stereocenters. The Balaban J connectivity index is 2.81. The van der Waals surface area contributed by atoms with E-state index in [0.29, 0.717) is 18.2 Å². The number of nitrogens with one attached hydrogen (secondary N) is 1. The summed E-state index contributed by atoms with van der Waals surface area (Å²) in [4.78, 5) is 4.15. The van der Waals surface area contributed by atoms with Crippen molar-refractivity contribution in [2.75, 3.05) is 13.3 Å². The average molecular weight is 275 g/mol. The minimum absolute atomic E-state index is 0.228. The first-order valence-electron chi connectivity index (χ1n) is 5.94. The van der Waals surface area contributed by atoms with Crippen LogP contribution in [0.4, 0.5) is 0 Å². The third kappa shape index (κ3) is 3.78. The molecular formula is C11H21N3O3S. The molecule has 18 heavy (non-hydrogen) atoms. The molecule has 6 nitrogen and oxygen atoms in total. The van der Waals surface area contributed by atoms with Gasteiger partial charge in [0, 0.05) is 18.7 Å². The van der Waals surface area contributed by atoms with Gasteiger partial charge in [-0.25, -0.2) is 8.42 Å². The number of aromatic nitrogens is 2. The van der Waals surface area contributed by atoms with E-state index in [1.54, 1.807) is 6.92 Å². The van der Waals surface area contributed by atoms with Crippen LogP contribution in [-0.4, -0.2) is 37.9 Å². The van der Waals surface area contributed by atoms with E-state index < -0.39 is 15.1 Å². The van der Waals surface area contributed by atoms with Gasteiger partial charge in [0.2, 0.25) is 5.89 Å². The van der Waals surface area contributed by atoms with Gasteiger partial charge in [0.15, 0.2) is 15.7 Å². The molecule has 0 saturated carbocycles. The van der Waals surface area contributed by atoms with Crippen LogP contribution in [0.15, 0.2) is 4.52 Å². The molecule has 0 bridgehead atoms. The topological polar surface area (TPSA) is 85.1 Å². The van der Waals surface area contributed by atoms with E-state index in [4.69, 9.17) is 4.52 Å². The molecule has 0 spiro atoms. The number of sulfone groups is 1. The molecule has 1 aromatic rings. The van der Waals surface area contributed by atoms with Crippen LogP contribution < -0.4 is 5.32 Å². The van der Waals surface area contributed by atoms with Crippen LogP contribution >= 0.6 is 0 Å². The zero-order valence-electron chi connectivity index (χ0n) is 11.5. The summed E-state index contributed by atoms with van der Waals surface area (Å²) in [5.74, 6) is 1.12. The monoisotopic (exact) mass is 275 g/mol. The fourth-order valence-electron chi connectivity index (χ4n) is 1.57. The molecule has 1 aromatic heterocycles. The van der Waals surface area contributed by atoms with Crippen LogP contribution in [0.3, 0.4) is 0 Å². The maximum Gasteiger partial charge on any atom is 0.228 e. The van der Waals surface area contributed by atoms with E-state index in [2.05, 4.69) is 29.3 Å². The molecule has 0 aliphatic heterocycles. The highest BCUT2D eigenvalue weighted by molar-refractivity contribution is 7.90. The maximum absolute atomic E-state index is 11.4. The summed E-state index contributed by atoms with van der Waals surface area (Å²) in [7, 11) is -1.32. The second-order valence-corrected chi connectivity index (χ2v) is 7.23. The lowest BCUT2D eigenvalue weighted by Crippen LogP contribution is -2.32. The summed E-state index contributed by atoms with van der Waals surface area (Å²) in [6, 6.07) is 0.229. The fraction of sp³-hybridized carbons (Fsp3) is 0.818. The van der Waals surface area contributed by atoms with Crippen molar-refractivity contribution in [3.63, 3.8) is 0 Å². The van der Waals surface area contributed by atoms with Crippen molar-refractivity contribution in [2.45, 2.75) is 38.5 Å². The number of rotatable bonds is 6. The van der Waals surface area contributed by atoms with Crippen molar-refractivity contribution in [1.82, 2.24) is 15.5 Å². The van der Waals surface area contributed by atoms with Crippen LogP contribution in [0.5, 0.6) is 0 Å². The van der Waals surface area contributed by atoms with Gasteiger partial charge in [-0.1, -0.05) is 19.0 Å². The smallest absolute Gasteiger partial charge is 0.228 e. The average Bonchev–Trinajstić information content (AvgIpc) is 2.71. The molecule has 7 heteroatoms. The van der Waals surface area contributed by atoms with Crippen molar-refractivity contribution >= 4 is 9.84 Å². The van der Waals surface area contributed by atoms with E-state index >= 15 is 0 Å². The molecule has 1 rings (SSSR count). The van der Waals surface area contributed by atoms with Crippen molar-refractivity contribution in [3.8, 4) is 0 Å². The van der Waals surface area contributed by atoms with Gasteiger partial charge in [-0.3, -0.25) is 0 Å². The third-order valence-electron chi connectivity index (χ3n) is 3.06. The Morgan fingerprint density at radius 2 is 1.94 bits per heavy atom. The van der Waals surface area contributed by atoms with E-state index in [9.17, 15) is 8.42 Å². The van der Waals surface area contributed by atoms with Crippen LogP contribution in [0.25, 0.3) is 0 Å². The van der Waals surface area contributed by atoms with E-state index in [1.807, 2.05) is 7.05 Å². The Hall–Kier alpha value is -0.950. The summed E-state index contributed by atoms with van der Waals surface area (Å²) in [5, 5.41) is 6.17. The van der Waals surface area contributed by atoms with Crippen molar-refractivity contribution in [1.29, 1.82) is 0 Å². The molecule has 1 heterocycles. The zero-order chi connectivity index (χ0) is 13.9. The maximum atomic E-state index is 11.4. The minimum atomic E-state index is -3.19. The largest absolute Gasteiger partial charge is 0.339 e. The standard InChI is InChI=1S/C11H21N3O3S/c1-7(2)9(12-4)6-10-13-11(14-17-10)8(3)18(5,15)16/h7-9,12H,6H2,1-5H3. The first kappa shape index (κ1) is 15.1. The Labute approximate surface area is 108 Å². The SMILES string of the molecule is CNC(Cc1nc(C(C)S(C)(=O)=O)no1)C(C)C. The Morgan fingerprint density at radius 3 is 2.39 bits per heavy atom. The molecule has 1 N–H and O–H groups in total. The first-order valence-corrected chi connectivity index (χ1v) is 7.89. The predicted molar refractivity (Wildman–Crippen MR) is 68.9 cm³/mol. The van der Waals surface area contributed by atoms with Gasteiger partial charge in [-0.2, -0.15) is 4.98 Å². The summed E-state index contributed by atoms with van der Waals surface area (Å²) < 4.78 is 27.9. The molecule has 2 atom stereocenters. The van der Waals surface area contributed by atoms with Crippen LogP contribution in [0.2, 0.25) is 0 Å². The predicted octanol–water partition coefficient (Wildman–Crippen LogP) is 0.962. The molecule has 0 aliphatic rings. The Kier molecular flexibility index (Phi) is 4.86. The molecular weight excluding hydrogens is 254 g/mol. The molecule has 0 radical (unpaired) electrons. The number of hydrogen-bond acceptors (Lipinski definition) is 6. The first-order chi connectivity index (χ1) is 8.25. The second-order valence-electron chi connectivity index (χ2n) is 4.86. The summed E-state index contributed by atoms with van der Waals surface area (Å²) in [5.41, 5.74) is 0. The van der Waals surface area contributed by atoms with E-state index in [-0.39, 0.29) is 11.9 Å². The molecule has 0 aromatic carbocycles. The molecule has 0 saturated heterocycles. The number of nitrogens with zero attached hydrogens (tertiary/aromatic N) is 2. The van der Waals surface area contributed by atoms with Crippen molar-refractivity contribution in [2.24, 2.45) is 5.92 Å². The lowest BCUT2D eigenvalue weighted by Gasteiger charge is -2.17. The lowest BCUT2D eigenvalue weighted by molar-refractivity contribution is 0.333. The quantitative estimate of drug-likeness (QED) is 0.832. The minimum Gasteiger partial charge on any atom is -0.339 e. The van der Waals surface area contributed by atoms with Crippen LogP contribution in [0.1, 0.15) is 37.7 Å². The van der Waals surface area contributed by atoms with Crippen LogP contribution in [0, 0.1) is 5.92 Å². The summed E-state index contributed by atoms with van der Waals surface area (Å²) in [6.45, 7) is 5.75. The summed E-state index contributed by atoms with van der Waals surface area (Å²) >= 11 is 0. The Morgan fingerprint density at radius 1 is 1.33 bits per heavy atom. The van der Waals surface area contributed by atoms with Crippen molar-refractivity contribution in [3.05, 3.63) is 11.7 Å². The molecule has 0 aliphatic carbocycles. The third-order valence-corrected chi connectivity index (χ3v) is 4.55. The molecule has 0 fully saturated rings. The second kappa shape index (κ2) is 5.79. The number of likely N-dealkylation sites (N-methyl/N-ethyl adjacent to an activating group) is 1. The normalized spacial score (nSPS) is 15.9. The van der Waals surface area contributed by atoms with Gasteiger partial charge in [-0.15, -0.1) is 0 Å². The molecule has 0 amide bonds. The van der Waals surface area contributed by atoms with Gasteiger partial charge in [0.05, 0.1) is 0 Å². The summed E-state index contributed by atoms with van der Waals surface area (Å²) in [6.07, 6.45) is 1.76. The van der Waals surface area contributed by atoms with E-state index in [0.717, 1.165) is 6.26 Å². The van der Waals surface area contributed by atoms with Crippen LogP contribution in [-0.2, 0) is 16.3 Å². The van der Waals surface area contributed by atoms with Gasteiger partial charge in [0.25, 0.3) is 0 Å². The van der Waals surface area contributed by atoms with Crippen molar-refractivity contribution < 1.29 is 12.9 Å². The lowest BCUT2D eigenvalue weighted by atomic mass is 10.0.